The van der Waals surface area contributed by atoms with Crippen molar-refractivity contribution < 1.29 is 0 Å². The number of hydrogen-bond donors (Lipinski definition) is 0. The first-order valence-electron chi connectivity index (χ1n) is 13.1. The van der Waals surface area contributed by atoms with Crippen LogP contribution in [-0.2, 0) is 0 Å². The summed E-state index contributed by atoms with van der Waals surface area (Å²) in [5, 5.41) is 4.39. The Bertz CT molecular complexity index is 1780. The molecule has 0 fully saturated rings. The number of aromatic nitrogens is 2. The Morgan fingerprint density at radius 3 is 1.23 bits per heavy atom. The van der Waals surface area contributed by atoms with E-state index in [-0.39, 0.29) is 0 Å². The van der Waals surface area contributed by atoms with E-state index >= 15 is 0 Å². The molecule has 0 radical (unpaired) electrons. The molecule has 0 aliphatic rings. The molecule has 7 aromatic rings. The van der Waals surface area contributed by atoms with Crippen LogP contribution in [-0.4, -0.2) is 9.97 Å². The molecule has 39 heavy (non-hydrogen) atoms. The second-order valence-corrected chi connectivity index (χ2v) is 9.51. The van der Waals surface area contributed by atoms with Gasteiger partial charge in [0.25, 0.3) is 0 Å². The van der Waals surface area contributed by atoms with Gasteiger partial charge < -0.3 is 0 Å². The van der Waals surface area contributed by atoms with E-state index in [1.807, 2.05) is 18.2 Å². The number of para-hydroxylation sites is 1. The number of rotatable bonds is 5. The quantitative estimate of drug-likeness (QED) is 0.236. The minimum absolute atomic E-state index is 0.848. The molecule has 3 heteroatoms. The van der Waals surface area contributed by atoms with Crippen molar-refractivity contribution in [2.75, 3.05) is 4.90 Å². The van der Waals surface area contributed by atoms with Crippen LogP contribution in [0.25, 0.3) is 44.1 Å². The lowest BCUT2D eigenvalue weighted by Crippen LogP contribution is -2.15. The normalized spacial score (nSPS) is 11.1. The molecule has 0 N–H and O–H groups in total. The molecule has 2 heterocycles. The largest absolute Gasteiger partial charge is 0.278 e. The number of nitrogens with zero attached hydrogens (tertiary/aromatic N) is 3. The number of hydrogen-bond acceptors (Lipinski definition) is 3. The molecule has 2 aromatic heterocycles. The van der Waals surface area contributed by atoms with Crippen LogP contribution in [0.1, 0.15) is 0 Å². The fourth-order valence-corrected chi connectivity index (χ4v) is 5.14. The average molecular weight is 500 g/mol. The fourth-order valence-electron chi connectivity index (χ4n) is 5.14. The zero-order chi connectivity index (χ0) is 26.0. The van der Waals surface area contributed by atoms with Gasteiger partial charge in [-0.2, -0.15) is 0 Å². The third-order valence-electron chi connectivity index (χ3n) is 7.02. The molecular formula is C36H25N3. The maximum Gasteiger partial charge on any atom is 0.147 e. The van der Waals surface area contributed by atoms with Crippen molar-refractivity contribution in [3.05, 3.63) is 152 Å². The Labute approximate surface area is 227 Å². The van der Waals surface area contributed by atoms with Gasteiger partial charge in [0.05, 0.1) is 11.4 Å². The second-order valence-electron chi connectivity index (χ2n) is 9.51. The highest BCUT2D eigenvalue weighted by atomic mass is 15.2. The summed E-state index contributed by atoms with van der Waals surface area (Å²) in [6.07, 6.45) is 0. The summed E-state index contributed by atoms with van der Waals surface area (Å²) in [7, 11) is 0. The van der Waals surface area contributed by atoms with Crippen LogP contribution in [0.4, 0.5) is 17.3 Å². The number of pyridine rings is 2. The molecule has 0 unspecified atom stereocenters. The summed E-state index contributed by atoms with van der Waals surface area (Å²) >= 11 is 0. The molecular weight excluding hydrogens is 474 g/mol. The molecule has 0 amide bonds. The van der Waals surface area contributed by atoms with Crippen LogP contribution in [0, 0.1) is 0 Å². The maximum absolute atomic E-state index is 5.32. The Kier molecular flexibility index (Phi) is 5.80. The highest BCUT2D eigenvalue weighted by molar-refractivity contribution is 6.04. The average Bonchev–Trinajstić information content (AvgIpc) is 3.02. The van der Waals surface area contributed by atoms with Crippen molar-refractivity contribution >= 4 is 38.9 Å². The van der Waals surface area contributed by atoms with E-state index in [1.165, 1.54) is 0 Å². The highest BCUT2D eigenvalue weighted by Gasteiger charge is 2.22. The lowest BCUT2D eigenvalue weighted by Gasteiger charge is -2.27. The predicted molar refractivity (Wildman–Crippen MR) is 163 cm³/mol. The maximum atomic E-state index is 5.32. The first-order valence-corrected chi connectivity index (χ1v) is 13.1. The van der Waals surface area contributed by atoms with E-state index in [0.29, 0.717) is 0 Å². The molecule has 0 spiro atoms. The molecule has 184 valence electrons. The van der Waals surface area contributed by atoms with Gasteiger partial charge in [-0.05, 0) is 35.0 Å². The minimum Gasteiger partial charge on any atom is -0.278 e. The molecule has 5 aromatic carbocycles. The van der Waals surface area contributed by atoms with Crippen molar-refractivity contribution in [1.29, 1.82) is 0 Å². The Balaban J connectivity index is 1.57. The van der Waals surface area contributed by atoms with Gasteiger partial charge in [0.15, 0.2) is 0 Å². The van der Waals surface area contributed by atoms with Crippen LogP contribution in [0.5, 0.6) is 0 Å². The highest BCUT2D eigenvalue weighted by Crippen LogP contribution is 2.42. The van der Waals surface area contributed by atoms with E-state index in [1.54, 1.807) is 0 Å². The minimum atomic E-state index is 0.848. The van der Waals surface area contributed by atoms with Crippen molar-refractivity contribution in [3.63, 3.8) is 0 Å². The van der Waals surface area contributed by atoms with Crippen LogP contribution >= 0.6 is 0 Å². The molecule has 0 saturated carbocycles. The van der Waals surface area contributed by atoms with Crippen LogP contribution in [0.2, 0.25) is 0 Å². The second kappa shape index (κ2) is 9.88. The summed E-state index contributed by atoms with van der Waals surface area (Å²) in [4.78, 5) is 12.9. The van der Waals surface area contributed by atoms with Crippen molar-refractivity contribution in [1.82, 2.24) is 9.97 Å². The predicted octanol–water partition coefficient (Wildman–Crippen LogP) is 9.59. The van der Waals surface area contributed by atoms with Crippen molar-refractivity contribution in [2.24, 2.45) is 0 Å². The summed E-state index contributed by atoms with van der Waals surface area (Å²) in [5.74, 6) is 1.70. The summed E-state index contributed by atoms with van der Waals surface area (Å²) in [5.41, 5.74) is 5.01. The van der Waals surface area contributed by atoms with E-state index in [4.69, 9.17) is 9.97 Å². The Morgan fingerprint density at radius 2 is 0.769 bits per heavy atom. The molecule has 0 bridgehead atoms. The SMILES string of the molecule is c1ccc(-c2cc3ccccc3c(N(c3ccccc3)c3nc(-c4ccccc4)cc4ccccc34)n2)cc1. The van der Waals surface area contributed by atoms with Gasteiger partial charge in [0.1, 0.15) is 11.6 Å². The number of benzene rings is 5. The van der Waals surface area contributed by atoms with Gasteiger partial charge in [0, 0.05) is 27.6 Å². The van der Waals surface area contributed by atoms with Gasteiger partial charge in [-0.25, -0.2) is 9.97 Å². The summed E-state index contributed by atoms with van der Waals surface area (Å²) in [6.45, 7) is 0. The van der Waals surface area contributed by atoms with Crippen LogP contribution < -0.4 is 4.90 Å². The monoisotopic (exact) mass is 499 g/mol. The summed E-state index contributed by atoms with van der Waals surface area (Å²) in [6, 6.07) is 52.4. The lowest BCUT2D eigenvalue weighted by atomic mass is 10.0. The summed E-state index contributed by atoms with van der Waals surface area (Å²) < 4.78 is 0. The van der Waals surface area contributed by atoms with Gasteiger partial charge in [0.2, 0.25) is 0 Å². The Hall–Kier alpha value is -5.28. The van der Waals surface area contributed by atoms with E-state index in [0.717, 1.165) is 61.4 Å². The lowest BCUT2D eigenvalue weighted by molar-refractivity contribution is 1.16. The van der Waals surface area contributed by atoms with Crippen LogP contribution in [0.15, 0.2) is 152 Å². The smallest absolute Gasteiger partial charge is 0.147 e. The first-order chi connectivity index (χ1) is 19.3. The molecule has 0 aliphatic carbocycles. The van der Waals surface area contributed by atoms with E-state index < -0.39 is 0 Å². The molecule has 0 saturated heterocycles. The van der Waals surface area contributed by atoms with Gasteiger partial charge in [-0.3, -0.25) is 4.90 Å². The zero-order valence-corrected chi connectivity index (χ0v) is 21.3. The van der Waals surface area contributed by atoms with E-state index in [2.05, 4.69) is 138 Å². The van der Waals surface area contributed by atoms with Crippen LogP contribution in [0.3, 0.4) is 0 Å². The fraction of sp³-hybridized carbons (Fsp3) is 0. The number of fused-ring (bicyclic) bond motifs is 2. The topological polar surface area (TPSA) is 29.0 Å². The third-order valence-corrected chi connectivity index (χ3v) is 7.02. The number of anilines is 3. The van der Waals surface area contributed by atoms with Gasteiger partial charge >= 0.3 is 0 Å². The Morgan fingerprint density at radius 1 is 0.385 bits per heavy atom. The molecule has 7 rings (SSSR count). The zero-order valence-electron chi connectivity index (χ0n) is 21.3. The molecule has 0 atom stereocenters. The molecule has 3 nitrogen and oxygen atoms in total. The first kappa shape index (κ1) is 22.9. The van der Waals surface area contributed by atoms with Gasteiger partial charge in [-0.1, -0.05) is 127 Å². The third kappa shape index (κ3) is 4.30. The van der Waals surface area contributed by atoms with Gasteiger partial charge in [-0.15, -0.1) is 0 Å². The van der Waals surface area contributed by atoms with Crippen molar-refractivity contribution in [3.8, 4) is 22.5 Å². The standard InChI is InChI=1S/C36H25N3/c1-4-14-26(15-5-1)33-24-28-18-10-12-22-31(28)35(37-33)39(30-20-8-3-9-21-30)36-32-23-13-11-19-29(32)25-34(38-36)27-16-6-2-7-17-27/h1-25H. The molecule has 0 aliphatic heterocycles. The van der Waals surface area contributed by atoms with Crippen molar-refractivity contribution in [2.45, 2.75) is 0 Å². The van der Waals surface area contributed by atoms with E-state index in [9.17, 15) is 0 Å².